The van der Waals surface area contributed by atoms with Crippen LogP contribution in [-0.4, -0.2) is 79.9 Å². The van der Waals surface area contributed by atoms with E-state index in [1.54, 1.807) is 0 Å². The number of halogens is 1. The van der Waals surface area contributed by atoms with Crippen LogP contribution < -0.4 is 10.2 Å². The number of esters is 2. The van der Waals surface area contributed by atoms with Crippen LogP contribution in [0.1, 0.15) is 29.5 Å². The van der Waals surface area contributed by atoms with Crippen LogP contribution in [0.15, 0.2) is 88.1 Å². The van der Waals surface area contributed by atoms with Gasteiger partial charge in [0.15, 0.2) is 23.4 Å². The molecule has 2 heterocycles. The number of phenolic OH excluding ortho intramolecular Hbond substituents is 4. The first-order valence-electron chi connectivity index (χ1n) is 17.2. The van der Waals surface area contributed by atoms with E-state index in [1.807, 2.05) is 31.2 Å². The Morgan fingerprint density at radius 2 is 1.40 bits per heavy atom. The van der Waals surface area contributed by atoms with E-state index in [0.29, 0.717) is 5.56 Å². The molecule has 14 nitrogen and oxygen atoms in total. The number of hydrogen-bond acceptors (Lipinski definition) is 14. The molecule has 4 aromatic carbocycles. The number of aromatic hydroxyl groups is 4. The number of aliphatic hydroxyl groups is 2. The van der Waals surface area contributed by atoms with Gasteiger partial charge in [-0.25, -0.2) is 4.39 Å². The number of aryl methyl sites for hydroxylation is 3. The van der Waals surface area contributed by atoms with Crippen LogP contribution in [0.25, 0.3) is 22.3 Å². The highest BCUT2D eigenvalue weighted by Gasteiger charge is 2.51. The molecular weight excluding hydrogens is 723 g/mol. The fourth-order valence-corrected chi connectivity index (χ4v) is 6.06. The number of carbonyl (C=O) groups excluding carboxylic acids is 2. The third kappa shape index (κ3) is 8.81. The van der Waals surface area contributed by atoms with Crippen LogP contribution in [0.2, 0.25) is 0 Å². The summed E-state index contributed by atoms with van der Waals surface area (Å²) in [4.78, 5) is 40.8. The smallest absolute Gasteiger partial charge is 0.306 e. The second-order valence-corrected chi connectivity index (χ2v) is 13.0. The molecule has 1 aliphatic rings. The molecule has 55 heavy (non-hydrogen) atoms. The van der Waals surface area contributed by atoms with Crippen molar-refractivity contribution in [2.45, 2.75) is 63.3 Å². The van der Waals surface area contributed by atoms with Gasteiger partial charge in [-0.15, -0.1) is 0 Å². The molecule has 0 radical (unpaired) electrons. The number of benzene rings is 4. The van der Waals surface area contributed by atoms with E-state index in [4.69, 9.17) is 23.4 Å². The molecule has 0 amide bonds. The van der Waals surface area contributed by atoms with E-state index in [2.05, 4.69) is 0 Å². The minimum Gasteiger partial charge on any atom is -0.508 e. The number of fused-ring (bicyclic) bond motifs is 1. The Morgan fingerprint density at radius 3 is 2.02 bits per heavy atom. The average molecular weight is 761 g/mol. The Morgan fingerprint density at radius 1 is 0.782 bits per heavy atom. The molecule has 0 aliphatic carbocycles. The second kappa shape index (κ2) is 16.5. The first-order chi connectivity index (χ1) is 26.3. The third-order valence-corrected chi connectivity index (χ3v) is 8.99. The molecule has 0 bridgehead atoms. The van der Waals surface area contributed by atoms with Crippen LogP contribution in [0.3, 0.4) is 0 Å². The SMILES string of the molecule is Cc1ccc(CCC(=O)OC2[C@H](Oc3c(-c4ccc(O)c(O)c4)oc4cc(O)cc(O)c4c3=O)OC(CO)C(O)[C@@H]2OC(=O)CCc2ccc(F)cc2)cc1. The zero-order chi connectivity index (χ0) is 39.4. The van der Waals surface area contributed by atoms with Gasteiger partial charge in [0.25, 0.3) is 0 Å². The average Bonchev–Trinajstić information content (AvgIpc) is 3.15. The normalized spacial score (nSPS) is 19.5. The highest BCUT2D eigenvalue weighted by atomic mass is 19.1. The summed E-state index contributed by atoms with van der Waals surface area (Å²) in [6.45, 7) is 1.05. The van der Waals surface area contributed by atoms with E-state index in [-0.39, 0.29) is 36.8 Å². The maximum absolute atomic E-state index is 14.1. The van der Waals surface area contributed by atoms with Gasteiger partial charge in [0, 0.05) is 30.5 Å². The lowest BCUT2D eigenvalue weighted by atomic mass is 9.98. The lowest BCUT2D eigenvalue weighted by Crippen LogP contribution is -2.62. The second-order valence-electron chi connectivity index (χ2n) is 13.0. The zero-order valence-electron chi connectivity index (χ0n) is 29.3. The summed E-state index contributed by atoms with van der Waals surface area (Å²) in [5.74, 6) is -5.58. The fraction of sp³-hybridized carbons (Fsp3) is 0.275. The molecular formula is C40H37FO14. The van der Waals surface area contributed by atoms with Gasteiger partial charge in [-0.1, -0.05) is 42.0 Å². The van der Waals surface area contributed by atoms with Crippen LogP contribution in [0.5, 0.6) is 28.7 Å². The molecule has 5 aromatic rings. The van der Waals surface area contributed by atoms with E-state index in [1.165, 1.54) is 30.3 Å². The van der Waals surface area contributed by atoms with Crippen molar-refractivity contribution >= 4 is 22.9 Å². The van der Waals surface area contributed by atoms with Crippen LogP contribution in [-0.2, 0) is 36.6 Å². The van der Waals surface area contributed by atoms with Crippen LogP contribution >= 0.6 is 0 Å². The predicted molar refractivity (Wildman–Crippen MR) is 191 cm³/mol. The highest BCUT2D eigenvalue weighted by Crippen LogP contribution is 2.40. The molecule has 288 valence electrons. The minimum absolute atomic E-state index is 0.0444. The number of rotatable bonds is 12. The van der Waals surface area contributed by atoms with Gasteiger partial charge < -0.3 is 54.0 Å². The van der Waals surface area contributed by atoms with Crippen molar-refractivity contribution in [3.8, 4) is 40.1 Å². The monoisotopic (exact) mass is 760 g/mol. The molecule has 3 unspecified atom stereocenters. The molecule has 1 saturated heterocycles. The van der Waals surface area contributed by atoms with Crippen molar-refractivity contribution in [1.29, 1.82) is 0 Å². The minimum atomic E-state index is -1.90. The van der Waals surface area contributed by atoms with Crippen molar-refractivity contribution in [2.75, 3.05) is 6.61 Å². The van der Waals surface area contributed by atoms with Gasteiger partial charge in [0.05, 0.1) is 6.61 Å². The van der Waals surface area contributed by atoms with Gasteiger partial charge in [0.1, 0.15) is 40.5 Å². The number of carbonyl (C=O) groups is 2. The maximum atomic E-state index is 14.1. The lowest BCUT2D eigenvalue weighted by Gasteiger charge is -2.42. The molecule has 6 rings (SSSR count). The first kappa shape index (κ1) is 38.6. The molecule has 0 saturated carbocycles. The summed E-state index contributed by atoms with van der Waals surface area (Å²) < 4.78 is 42.7. The Bertz CT molecular complexity index is 2230. The molecule has 5 atom stereocenters. The number of phenols is 4. The Balaban J connectivity index is 1.39. The van der Waals surface area contributed by atoms with Crippen molar-refractivity contribution < 1.29 is 68.0 Å². The van der Waals surface area contributed by atoms with Gasteiger partial charge in [0.2, 0.25) is 23.6 Å². The topological polar surface area (TPSA) is 223 Å². The fourth-order valence-electron chi connectivity index (χ4n) is 6.06. The highest BCUT2D eigenvalue weighted by molar-refractivity contribution is 5.88. The summed E-state index contributed by atoms with van der Waals surface area (Å²) in [7, 11) is 0. The number of aliphatic hydroxyl groups excluding tert-OH is 2. The van der Waals surface area contributed by atoms with Gasteiger partial charge in [-0.3, -0.25) is 14.4 Å². The largest absolute Gasteiger partial charge is 0.508 e. The van der Waals surface area contributed by atoms with E-state index in [9.17, 15) is 49.4 Å². The zero-order valence-corrected chi connectivity index (χ0v) is 29.3. The Kier molecular flexibility index (Phi) is 11.5. The lowest BCUT2D eigenvalue weighted by molar-refractivity contribution is -0.286. The standard InChI is InChI=1S/C40H37FO14/c1-20-2-4-21(5-3-20)8-15-32(48)54-39-37(53-31(47)14-9-22-6-11-24(41)12-7-22)34(49)30(19-42)52-40(39)55-38-35(50)33-28(46)17-25(43)18-29(33)51-36(38)23-10-13-26(44)27(45)16-23/h2-7,10-13,16-18,30,34,37,39-40,42-46,49H,8-9,14-15,19H2,1H3/t30?,34?,37-,39?,40-/m0/s1. The Labute approximate surface area is 312 Å². The van der Waals surface area contributed by atoms with E-state index in [0.717, 1.165) is 35.4 Å². The molecule has 1 aliphatic heterocycles. The van der Waals surface area contributed by atoms with Crippen molar-refractivity contribution in [2.24, 2.45) is 0 Å². The quantitative estimate of drug-likeness (QED) is 0.0772. The van der Waals surface area contributed by atoms with Gasteiger partial charge in [-0.05, 0) is 61.2 Å². The Hall–Kier alpha value is -6.16. The summed E-state index contributed by atoms with van der Waals surface area (Å²) in [6.07, 6.45) is -8.84. The van der Waals surface area contributed by atoms with Crippen molar-refractivity contribution in [3.05, 3.63) is 112 Å². The van der Waals surface area contributed by atoms with Crippen molar-refractivity contribution in [1.82, 2.24) is 0 Å². The summed E-state index contributed by atoms with van der Waals surface area (Å²) in [6, 6.07) is 18.1. The molecule has 0 spiro atoms. The number of ether oxygens (including phenoxy) is 4. The van der Waals surface area contributed by atoms with Gasteiger partial charge >= 0.3 is 11.9 Å². The van der Waals surface area contributed by atoms with E-state index >= 15 is 0 Å². The maximum Gasteiger partial charge on any atom is 0.306 e. The summed E-state index contributed by atoms with van der Waals surface area (Å²) in [5.41, 5.74) is 1.03. The molecule has 1 fully saturated rings. The number of hydrogen-bond donors (Lipinski definition) is 6. The summed E-state index contributed by atoms with van der Waals surface area (Å²) >= 11 is 0. The molecule has 1 aromatic heterocycles. The van der Waals surface area contributed by atoms with Crippen LogP contribution in [0.4, 0.5) is 4.39 Å². The van der Waals surface area contributed by atoms with Gasteiger partial charge in [-0.2, -0.15) is 0 Å². The predicted octanol–water partition coefficient (Wildman–Crippen LogP) is 4.28. The summed E-state index contributed by atoms with van der Waals surface area (Å²) in [5, 5.41) is 62.1. The van der Waals surface area contributed by atoms with E-state index < -0.39 is 100 Å². The first-order valence-corrected chi connectivity index (χ1v) is 17.2. The molecule has 6 N–H and O–H groups in total. The third-order valence-electron chi connectivity index (χ3n) is 8.99. The molecule has 15 heteroatoms. The van der Waals surface area contributed by atoms with Crippen LogP contribution in [0, 0.1) is 12.7 Å². The van der Waals surface area contributed by atoms with Crippen molar-refractivity contribution in [3.63, 3.8) is 0 Å².